The van der Waals surface area contributed by atoms with Crippen molar-refractivity contribution in [2.24, 2.45) is 0 Å². The topological polar surface area (TPSA) is 52.7 Å². The van der Waals surface area contributed by atoms with Gasteiger partial charge >= 0.3 is 0 Å². The van der Waals surface area contributed by atoms with Gasteiger partial charge in [-0.1, -0.05) is 30.3 Å². The number of anilines is 2. The van der Waals surface area contributed by atoms with Crippen LogP contribution in [0.2, 0.25) is 0 Å². The van der Waals surface area contributed by atoms with Crippen LogP contribution in [0.15, 0.2) is 48.5 Å². The van der Waals surface area contributed by atoms with Gasteiger partial charge in [0.15, 0.2) is 0 Å². The van der Waals surface area contributed by atoms with Gasteiger partial charge in [0.05, 0.1) is 0 Å². The molecule has 1 atom stereocenters. The lowest BCUT2D eigenvalue weighted by atomic mass is 9.98. The molecular formula is C18H23N3O. The molecular weight excluding hydrogens is 274 g/mol. The molecule has 2 aromatic rings. The summed E-state index contributed by atoms with van der Waals surface area (Å²) in [5, 5.41) is 10.8. The number of aliphatic hydroxyl groups is 1. The number of piperazine rings is 1. The highest BCUT2D eigenvalue weighted by Crippen LogP contribution is 2.32. The van der Waals surface area contributed by atoms with E-state index in [2.05, 4.69) is 16.8 Å². The van der Waals surface area contributed by atoms with E-state index in [0.717, 1.165) is 43.0 Å². The molecule has 0 amide bonds. The lowest BCUT2D eigenvalue weighted by Crippen LogP contribution is -2.44. The summed E-state index contributed by atoms with van der Waals surface area (Å²) in [5.41, 5.74) is 9.50. The summed E-state index contributed by atoms with van der Waals surface area (Å²) in [6.07, 6.45) is -0.653. The van der Waals surface area contributed by atoms with Crippen LogP contribution in [0.5, 0.6) is 0 Å². The summed E-state index contributed by atoms with van der Waals surface area (Å²) < 4.78 is 0. The van der Waals surface area contributed by atoms with Gasteiger partial charge in [-0.05, 0) is 30.8 Å². The summed E-state index contributed by atoms with van der Waals surface area (Å²) in [7, 11) is 2.14. The summed E-state index contributed by atoms with van der Waals surface area (Å²) in [5.74, 6) is 0. The van der Waals surface area contributed by atoms with Crippen LogP contribution in [0.25, 0.3) is 0 Å². The zero-order chi connectivity index (χ0) is 15.5. The molecule has 1 saturated heterocycles. The van der Waals surface area contributed by atoms with Crippen LogP contribution in [0.3, 0.4) is 0 Å². The lowest BCUT2D eigenvalue weighted by molar-refractivity contribution is 0.220. The Morgan fingerprint density at radius 3 is 2.36 bits per heavy atom. The molecule has 1 aliphatic heterocycles. The molecule has 0 bridgehead atoms. The minimum atomic E-state index is -0.653. The van der Waals surface area contributed by atoms with Gasteiger partial charge in [0, 0.05) is 43.1 Å². The van der Waals surface area contributed by atoms with E-state index < -0.39 is 6.10 Å². The number of nitrogens with zero attached hydrogens (tertiary/aromatic N) is 2. The Hall–Kier alpha value is -2.04. The average molecular weight is 297 g/mol. The number of rotatable bonds is 3. The molecule has 0 saturated carbocycles. The fourth-order valence-corrected chi connectivity index (χ4v) is 2.94. The highest BCUT2D eigenvalue weighted by molar-refractivity contribution is 5.62. The van der Waals surface area contributed by atoms with Crippen molar-refractivity contribution in [3.05, 3.63) is 59.7 Å². The highest BCUT2D eigenvalue weighted by Gasteiger charge is 2.21. The lowest BCUT2D eigenvalue weighted by Gasteiger charge is -2.36. The van der Waals surface area contributed by atoms with Crippen LogP contribution in [-0.4, -0.2) is 43.2 Å². The summed E-state index contributed by atoms with van der Waals surface area (Å²) in [4.78, 5) is 4.65. The third kappa shape index (κ3) is 3.08. The van der Waals surface area contributed by atoms with Crippen molar-refractivity contribution in [2.75, 3.05) is 43.9 Å². The second-order valence-corrected chi connectivity index (χ2v) is 5.92. The van der Waals surface area contributed by atoms with Crippen molar-refractivity contribution in [3.63, 3.8) is 0 Å². The molecule has 22 heavy (non-hydrogen) atoms. The molecule has 1 fully saturated rings. The van der Waals surface area contributed by atoms with E-state index in [0.29, 0.717) is 5.69 Å². The third-order valence-electron chi connectivity index (χ3n) is 4.31. The number of hydrogen-bond acceptors (Lipinski definition) is 4. The second-order valence-electron chi connectivity index (χ2n) is 5.92. The average Bonchev–Trinajstić information content (AvgIpc) is 2.56. The number of nitrogen functional groups attached to an aromatic ring is 1. The second kappa shape index (κ2) is 6.38. The Bertz CT molecular complexity index is 621. The van der Waals surface area contributed by atoms with Crippen LogP contribution in [0, 0.1) is 0 Å². The summed E-state index contributed by atoms with van der Waals surface area (Å²) in [6, 6.07) is 15.6. The monoisotopic (exact) mass is 297 g/mol. The standard InChI is InChI=1S/C18H23N3O/c1-20-9-11-21(12-10-20)17-8-7-15(19)13-16(17)18(22)14-5-3-2-4-6-14/h2-8,13,18,22H,9-12,19H2,1H3/t18-/m1/s1. The van der Waals surface area contributed by atoms with Crippen LogP contribution in [0.4, 0.5) is 11.4 Å². The molecule has 3 rings (SSSR count). The maximum absolute atomic E-state index is 10.8. The molecule has 0 unspecified atom stereocenters. The van der Waals surface area contributed by atoms with Crippen molar-refractivity contribution < 1.29 is 5.11 Å². The van der Waals surface area contributed by atoms with Gasteiger partial charge < -0.3 is 20.6 Å². The van der Waals surface area contributed by atoms with E-state index in [9.17, 15) is 5.11 Å². The molecule has 4 heteroatoms. The third-order valence-corrected chi connectivity index (χ3v) is 4.31. The minimum Gasteiger partial charge on any atom is -0.399 e. The fourth-order valence-electron chi connectivity index (χ4n) is 2.94. The zero-order valence-corrected chi connectivity index (χ0v) is 12.9. The molecule has 1 aliphatic rings. The number of aliphatic hydroxyl groups excluding tert-OH is 1. The first-order chi connectivity index (χ1) is 10.6. The Morgan fingerprint density at radius 1 is 1.00 bits per heavy atom. The van der Waals surface area contributed by atoms with E-state index in [4.69, 9.17) is 5.73 Å². The van der Waals surface area contributed by atoms with Gasteiger partial charge in [0.1, 0.15) is 6.10 Å². The SMILES string of the molecule is CN1CCN(c2ccc(N)cc2[C@H](O)c2ccccc2)CC1. The van der Waals surface area contributed by atoms with Gasteiger partial charge in [-0.2, -0.15) is 0 Å². The van der Waals surface area contributed by atoms with Crippen molar-refractivity contribution >= 4 is 11.4 Å². The molecule has 4 nitrogen and oxygen atoms in total. The molecule has 0 spiro atoms. The van der Waals surface area contributed by atoms with E-state index in [1.54, 1.807) is 0 Å². The molecule has 1 heterocycles. The van der Waals surface area contributed by atoms with Crippen LogP contribution < -0.4 is 10.6 Å². The summed E-state index contributed by atoms with van der Waals surface area (Å²) >= 11 is 0. The van der Waals surface area contributed by atoms with Crippen LogP contribution >= 0.6 is 0 Å². The predicted octanol–water partition coefficient (Wildman–Crippen LogP) is 2.10. The maximum atomic E-state index is 10.8. The number of hydrogen-bond donors (Lipinski definition) is 2. The van der Waals surface area contributed by atoms with Crippen molar-refractivity contribution in [1.29, 1.82) is 0 Å². The van der Waals surface area contributed by atoms with Gasteiger partial charge in [-0.25, -0.2) is 0 Å². The first-order valence-corrected chi connectivity index (χ1v) is 7.71. The molecule has 2 aromatic carbocycles. The highest BCUT2D eigenvalue weighted by atomic mass is 16.3. The fraction of sp³-hybridized carbons (Fsp3) is 0.333. The van der Waals surface area contributed by atoms with Crippen LogP contribution in [-0.2, 0) is 0 Å². The largest absolute Gasteiger partial charge is 0.399 e. The predicted molar refractivity (Wildman–Crippen MR) is 91.1 cm³/mol. The maximum Gasteiger partial charge on any atom is 0.106 e. The van der Waals surface area contributed by atoms with Gasteiger partial charge in [-0.15, -0.1) is 0 Å². The molecule has 0 aliphatic carbocycles. The zero-order valence-electron chi connectivity index (χ0n) is 12.9. The number of likely N-dealkylation sites (N-methyl/N-ethyl adjacent to an activating group) is 1. The first kappa shape index (κ1) is 14.9. The normalized spacial score (nSPS) is 17.5. The number of benzene rings is 2. The van der Waals surface area contributed by atoms with E-state index in [-0.39, 0.29) is 0 Å². The Labute approximate surface area is 131 Å². The Morgan fingerprint density at radius 2 is 1.68 bits per heavy atom. The van der Waals surface area contributed by atoms with Crippen molar-refractivity contribution in [3.8, 4) is 0 Å². The Balaban J connectivity index is 1.94. The quantitative estimate of drug-likeness (QED) is 0.852. The van der Waals surface area contributed by atoms with E-state index in [1.807, 2.05) is 48.5 Å². The minimum absolute atomic E-state index is 0.653. The number of nitrogens with two attached hydrogens (primary N) is 1. The van der Waals surface area contributed by atoms with Gasteiger partial charge in [0.2, 0.25) is 0 Å². The van der Waals surface area contributed by atoms with E-state index in [1.165, 1.54) is 0 Å². The molecule has 0 aromatic heterocycles. The van der Waals surface area contributed by atoms with Gasteiger partial charge in [0.25, 0.3) is 0 Å². The first-order valence-electron chi connectivity index (χ1n) is 7.71. The van der Waals surface area contributed by atoms with Crippen molar-refractivity contribution in [1.82, 2.24) is 4.90 Å². The summed E-state index contributed by atoms with van der Waals surface area (Å²) in [6.45, 7) is 4.00. The molecule has 116 valence electrons. The van der Waals surface area contributed by atoms with E-state index >= 15 is 0 Å². The molecule has 0 radical (unpaired) electrons. The molecule has 3 N–H and O–H groups in total. The van der Waals surface area contributed by atoms with Crippen molar-refractivity contribution in [2.45, 2.75) is 6.10 Å². The van der Waals surface area contributed by atoms with Crippen LogP contribution in [0.1, 0.15) is 17.2 Å². The Kier molecular flexibility index (Phi) is 4.32. The van der Waals surface area contributed by atoms with Gasteiger partial charge in [-0.3, -0.25) is 0 Å². The smallest absolute Gasteiger partial charge is 0.106 e.